The number of hydrogen-bond acceptors (Lipinski definition) is 4. The Kier molecular flexibility index (Phi) is 4.43. The van der Waals surface area contributed by atoms with E-state index in [4.69, 9.17) is 9.47 Å². The van der Waals surface area contributed by atoms with Crippen molar-refractivity contribution in [3.63, 3.8) is 0 Å². The van der Waals surface area contributed by atoms with Gasteiger partial charge < -0.3 is 9.47 Å². The number of Topliss-reactive ketones (excluding diaryl/α,β-unsaturated/α-hetero) is 1. The fraction of sp³-hybridized carbons (Fsp3) is 0.857. The first-order valence-corrected chi connectivity index (χ1v) is 7.17. The average molecular weight is 323 g/mol. The molecular formula is C14H20F3NO4. The second kappa shape index (κ2) is 5.72. The van der Waals surface area contributed by atoms with Crippen molar-refractivity contribution in [3.8, 4) is 0 Å². The molecule has 3 atom stereocenters. The Balaban J connectivity index is 2.25. The van der Waals surface area contributed by atoms with Gasteiger partial charge in [-0.3, -0.25) is 9.69 Å². The van der Waals surface area contributed by atoms with Crippen LogP contribution in [0.2, 0.25) is 0 Å². The predicted molar refractivity (Wildman–Crippen MR) is 70.3 cm³/mol. The Hall–Kier alpha value is -1.31. The fourth-order valence-electron chi connectivity index (χ4n) is 2.84. The maximum absolute atomic E-state index is 13.0. The normalized spacial score (nSPS) is 30.0. The van der Waals surface area contributed by atoms with Crippen molar-refractivity contribution in [2.45, 2.75) is 57.5 Å². The molecule has 2 aliphatic rings. The van der Waals surface area contributed by atoms with Gasteiger partial charge in [-0.2, -0.15) is 13.2 Å². The molecule has 2 saturated heterocycles. The molecule has 2 bridgehead atoms. The molecule has 0 N–H and O–H groups in total. The first-order chi connectivity index (χ1) is 9.99. The smallest absolute Gasteiger partial charge is 0.410 e. The summed E-state index contributed by atoms with van der Waals surface area (Å²) >= 11 is 0. The number of amides is 1. The number of morpholine rings is 1. The van der Waals surface area contributed by atoms with Crippen LogP contribution in [0.1, 0.15) is 33.6 Å². The van der Waals surface area contributed by atoms with Crippen molar-refractivity contribution >= 4 is 11.9 Å². The van der Waals surface area contributed by atoms with Gasteiger partial charge >= 0.3 is 12.3 Å². The lowest BCUT2D eigenvalue weighted by Gasteiger charge is -2.40. The van der Waals surface area contributed by atoms with Crippen molar-refractivity contribution in [2.24, 2.45) is 5.92 Å². The highest BCUT2D eigenvalue weighted by molar-refractivity contribution is 5.84. The highest BCUT2D eigenvalue weighted by atomic mass is 19.4. The zero-order valence-corrected chi connectivity index (χ0v) is 12.8. The standard InChI is InChI=1S/C14H20F3NO4/c1-13(2,3)22-12(20)18-8-4-10(14(15,16)17)11(19)5-9(18)7-21-6-8/h8-10H,4-7H2,1-3H3. The summed E-state index contributed by atoms with van der Waals surface area (Å²) in [7, 11) is 0. The topological polar surface area (TPSA) is 55.8 Å². The monoisotopic (exact) mass is 323 g/mol. The molecule has 126 valence electrons. The Morgan fingerprint density at radius 1 is 1.23 bits per heavy atom. The van der Waals surface area contributed by atoms with Crippen molar-refractivity contribution in [3.05, 3.63) is 0 Å². The summed E-state index contributed by atoms with van der Waals surface area (Å²) in [6.45, 7) is 5.07. The average Bonchev–Trinajstić information content (AvgIpc) is 2.39. The molecule has 2 heterocycles. The molecule has 1 amide bonds. The Bertz CT molecular complexity index is 458. The molecular weight excluding hydrogens is 303 g/mol. The quantitative estimate of drug-likeness (QED) is 0.687. The van der Waals surface area contributed by atoms with Gasteiger partial charge in [0.25, 0.3) is 0 Å². The molecule has 0 aromatic carbocycles. The van der Waals surface area contributed by atoms with Crippen LogP contribution in [-0.2, 0) is 14.3 Å². The van der Waals surface area contributed by atoms with Crippen molar-refractivity contribution in [2.75, 3.05) is 13.2 Å². The van der Waals surface area contributed by atoms with E-state index in [9.17, 15) is 22.8 Å². The van der Waals surface area contributed by atoms with E-state index in [1.54, 1.807) is 20.8 Å². The number of ether oxygens (including phenoxy) is 2. The van der Waals surface area contributed by atoms with Gasteiger partial charge in [0.2, 0.25) is 0 Å². The van der Waals surface area contributed by atoms with Crippen LogP contribution in [0.3, 0.4) is 0 Å². The minimum atomic E-state index is -4.60. The van der Waals surface area contributed by atoms with Gasteiger partial charge in [-0.1, -0.05) is 0 Å². The molecule has 0 aromatic rings. The summed E-state index contributed by atoms with van der Waals surface area (Å²) in [5.74, 6) is -2.94. The van der Waals surface area contributed by atoms with Crippen molar-refractivity contribution in [1.29, 1.82) is 0 Å². The summed E-state index contributed by atoms with van der Waals surface area (Å²) in [5, 5.41) is 0. The molecule has 2 fully saturated rings. The number of nitrogens with zero attached hydrogens (tertiary/aromatic N) is 1. The van der Waals surface area contributed by atoms with E-state index in [-0.39, 0.29) is 19.6 Å². The molecule has 0 saturated carbocycles. The minimum Gasteiger partial charge on any atom is -0.444 e. The van der Waals surface area contributed by atoms with Crippen molar-refractivity contribution < 1.29 is 32.2 Å². The molecule has 0 aromatic heterocycles. The summed E-state index contributed by atoms with van der Waals surface area (Å²) < 4.78 is 49.6. The molecule has 0 spiro atoms. The van der Waals surface area contributed by atoms with E-state index < -0.39 is 48.1 Å². The number of rotatable bonds is 0. The summed E-state index contributed by atoms with van der Waals surface area (Å²) in [6.07, 6.45) is -6.13. The molecule has 0 radical (unpaired) electrons. The number of carbonyl (C=O) groups excluding carboxylic acids is 2. The third-order valence-corrected chi connectivity index (χ3v) is 3.74. The third-order valence-electron chi connectivity index (χ3n) is 3.74. The number of carbonyl (C=O) groups is 2. The van der Waals surface area contributed by atoms with Gasteiger partial charge in [-0.15, -0.1) is 0 Å². The Morgan fingerprint density at radius 3 is 2.36 bits per heavy atom. The van der Waals surface area contributed by atoms with Gasteiger partial charge in [0.15, 0.2) is 0 Å². The first-order valence-electron chi connectivity index (χ1n) is 7.17. The molecule has 5 nitrogen and oxygen atoms in total. The SMILES string of the molecule is CC(C)(C)OC(=O)N1C2COCC1CC(C(F)(F)F)C(=O)C2. The van der Waals surface area contributed by atoms with E-state index in [2.05, 4.69) is 0 Å². The summed E-state index contributed by atoms with van der Waals surface area (Å²) in [5.41, 5.74) is -0.758. The van der Waals surface area contributed by atoms with Crippen LogP contribution in [0, 0.1) is 5.92 Å². The zero-order chi connectivity index (χ0) is 16.7. The van der Waals surface area contributed by atoms with Gasteiger partial charge in [-0.25, -0.2) is 4.79 Å². The van der Waals surface area contributed by atoms with E-state index in [0.717, 1.165) is 0 Å². The van der Waals surface area contributed by atoms with Gasteiger partial charge in [0, 0.05) is 6.42 Å². The van der Waals surface area contributed by atoms with E-state index >= 15 is 0 Å². The molecule has 0 aliphatic carbocycles. The van der Waals surface area contributed by atoms with Crippen LogP contribution in [0.4, 0.5) is 18.0 Å². The van der Waals surface area contributed by atoms with Crippen LogP contribution in [0.5, 0.6) is 0 Å². The van der Waals surface area contributed by atoms with E-state index in [0.29, 0.717) is 0 Å². The Labute approximate surface area is 126 Å². The second-order valence-corrected chi connectivity index (χ2v) is 6.73. The molecule has 2 aliphatic heterocycles. The number of ketones is 1. The number of fused-ring (bicyclic) bond motifs is 2. The number of hydrogen-bond donors (Lipinski definition) is 0. The van der Waals surface area contributed by atoms with Crippen LogP contribution >= 0.6 is 0 Å². The number of halogens is 3. The fourth-order valence-corrected chi connectivity index (χ4v) is 2.84. The predicted octanol–water partition coefficient (Wildman–Crippen LogP) is 2.53. The maximum atomic E-state index is 13.0. The van der Waals surface area contributed by atoms with Crippen molar-refractivity contribution in [1.82, 2.24) is 4.90 Å². The number of alkyl halides is 3. The third kappa shape index (κ3) is 3.71. The molecule has 8 heteroatoms. The van der Waals surface area contributed by atoms with Gasteiger partial charge in [-0.05, 0) is 27.2 Å². The van der Waals surface area contributed by atoms with Crippen LogP contribution in [0.15, 0.2) is 0 Å². The summed E-state index contributed by atoms with van der Waals surface area (Å²) in [4.78, 5) is 25.5. The Morgan fingerprint density at radius 2 is 1.82 bits per heavy atom. The van der Waals surface area contributed by atoms with Gasteiger partial charge in [0.05, 0.1) is 25.3 Å². The first kappa shape index (κ1) is 17.1. The molecule has 3 unspecified atom stereocenters. The highest BCUT2D eigenvalue weighted by Crippen LogP contribution is 2.37. The summed E-state index contributed by atoms with van der Waals surface area (Å²) in [6, 6.07) is -1.50. The van der Waals surface area contributed by atoms with Crippen LogP contribution < -0.4 is 0 Å². The van der Waals surface area contributed by atoms with E-state index in [1.807, 2.05) is 0 Å². The van der Waals surface area contributed by atoms with Crippen LogP contribution in [0.25, 0.3) is 0 Å². The lowest BCUT2D eigenvalue weighted by atomic mass is 9.95. The lowest BCUT2D eigenvalue weighted by Crippen LogP contribution is -2.55. The highest BCUT2D eigenvalue weighted by Gasteiger charge is 2.52. The molecule has 22 heavy (non-hydrogen) atoms. The second-order valence-electron chi connectivity index (χ2n) is 6.73. The maximum Gasteiger partial charge on any atom is 0.410 e. The molecule has 2 rings (SSSR count). The van der Waals surface area contributed by atoms with Crippen LogP contribution in [-0.4, -0.2) is 53.9 Å². The largest absolute Gasteiger partial charge is 0.444 e. The minimum absolute atomic E-state index is 0.0183. The van der Waals surface area contributed by atoms with Gasteiger partial charge in [0.1, 0.15) is 17.3 Å². The van der Waals surface area contributed by atoms with E-state index in [1.165, 1.54) is 4.90 Å². The lowest BCUT2D eigenvalue weighted by molar-refractivity contribution is -0.183. The zero-order valence-electron chi connectivity index (χ0n) is 12.8.